The SMILES string of the molecule is CCCNCC1(Oc2ccc(F)c(F)c2)CC1. The van der Waals surface area contributed by atoms with E-state index in [1.54, 1.807) is 0 Å². The fourth-order valence-corrected chi connectivity index (χ4v) is 1.74. The molecule has 0 spiro atoms. The van der Waals surface area contributed by atoms with Gasteiger partial charge in [-0.2, -0.15) is 0 Å². The van der Waals surface area contributed by atoms with Gasteiger partial charge in [-0.3, -0.25) is 0 Å². The van der Waals surface area contributed by atoms with Crippen molar-refractivity contribution >= 4 is 0 Å². The number of nitrogens with one attached hydrogen (secondary N) is 1. The Hall–Kier alpha value is -1.16. The maximum atomic E-state index is 13.0. The van der Waals surface area contributed by atoms with Gasteiger partial charge in [0.15, 0.2) is 11.6 Å². The van der Waals surface area contributed by atoms with Gasteiger partial charge in [-0.25, -0.2) is 8.78 Å². The molecule has 1 aliphatic rings. The van der Waals surface area contributed by atoms with E-state index in [1.807, 2.05) is 0 Å². The van der Waals surface area contributed by atoms with Crippen LogP contribution in [0.3, 0.4) is 0 Å². The van der Waals surface area contributed by atoms with Crippen molar-refractivity contribution in [3.63, 3.8) is 0 Å². The third kappa shape index (κ3) is 3.16. The van der Waals surface area contributed by atoms with Gasteiger partial charge in [0.05, 0.1) is 0 Å². The third-order valence-electron chi connectivity index (χ3n) is 2.91. The third-order valence-corrected chi connectivity index (χ3v) is 2.91. The van der Waals surface area contributed by atoms with Crippen LogP contribution >= 0.6 is 0 Å². The lowest BCUT2D eigenvalue weighted by molar-refractivity contribution is 0.174. The highest BCUT2D eigenvalue weighted by Crippen LogP contribution is 2.39. The Balaban J connectivity index is 1.93. The smallest absolute Gasteiger partial charge is 0.162 e. The Labute approximate surface area is 100.0 Å². The number of halogens is 2. The van der Waals surface area contributed by atoms with Gasteiger partial charge < -0.3 is 10.1 Å². The molecule has 0 aromatic heterocycles. The van der Waals surface area contributed by atoms with Crippen LogP contribution in [0.25, 0.3) is 0 Å². The summed E-state index contributed by atoms with van der Waals surface area (Å²) in [7, 11) is 0. The van der Waals surface area contributed by atoms with Gasteiger partial charge in [0.1, 0.15) is 11.4 Å². The van der Waals surface area contributed by atoms with Crippen molar-refractivity contribution in [1.29, 1.82) is 0 Å². The molecule has 0 unspecified atom stereocenters. The van der Waals surface area contributed by atoms with Crippen LogP contribution in [0, 0.1) is 11.6 Å². The molecule has 0 amide bonds. The molecule has 1 aliphatic carbocycles. The van der Waals surface area contributed by atoms with Crippen molar-refractivity contribution in [1.82, 2.24) is 5.32 Å². The zero-order valence-electron chi connectivity index (χ0n) is 9.93. The topological polar surface area (TPSA) is 21.3 Å². The molecule has 0 heterocycles. The highest BCUT2D eigenvalue weighted by Gasteiger charge is 2.45. The minimum absolute atomic E-state index is 0.209. The minimum Gasteiger partial charge on any atom is -0.486 e. The number of ether oxygens (including phenoxy) is 1. The zero-order valence-corrected chi connectivity index (χ0v) is 9.93. The molecule has 0 saturated heterocycles. The summed E-state index contributed by atoms with van der Waals surface area (Å²) >= 11 is 0. The molecular formula is C13H17F2NO. The maximum absolute atomic E-state index is 13.0. The van der Waals surface area contributed by atoms with Crippen LogP contribution in [0.4, 0.5) is 8.78 Å². The summed E-state index contributed by atoms with van der Waals surface area (Å²) < 4.78 is 31.5. The Morgan fingerprint density at radius 3 is 2.65 bits per heavy atom. The van der Waals surface area contributed by atoms with E-state index in [-0.39, 0.29) is 5.60 Å². The first-order valence-corrected chi connectivity index (χ1v) is 6.00. The Bertz CT molecular complexity index is 391. The largest absolute Gasteiger partial charge is 0.486 e. The molecule has 1 aromatic rings. The first kappa shape index (κ1) is 12.3. The molecule has 94 valence electrons. The summed E-state index contributed by atoms with van der Waals surface area (Å²) in [5.74, 6) is -1.30. The van der Waals surface area contributed by atoms with E-state index in [2.05, 4.69) is 12.2 Å². The van der Waals surface area contributed by atoms with Crippen LogP contribution in [0.2, 0.25) is 0 Å². The molecule has 0 radical (unpaired) electrons. The van der Waals surface area contributed by atoms with Gasteiger partial charge in [0.25, 0.3) is 0 Å². The second kappa shape index (κ2) is 5.00. The van der Waals surface area contributed by atoms with Crippen LogP contribution < -0.4 is 10.1 Å². The van der Waals surface area contributed by atoms with E-state index in [0.29, 0.717) is 5.75 Å². The van der Waals surface area contributed by atoms with Gasteiger partial charge in [0, 0.05) is 12.6 Å². The number of benzene rings is 1. The Morgan fingerprint density at radius 1 is 1.29 bits per heavy atom. The van der Waals surface area contributed by atoms with Crippen LogP contribution in [0.15, 0.2) is 18.2 Å². The quantitative estimate of drug-likeness (QED) is 0.773. The van der Waals surface area contributed by atoms with Crippen molar-refractivity contribution in [3.8, 4) is 5.75 Å². The lowest BCUT2D eigenvalue weighted by atomic mass is 10.3. The highest BCUT2D eigenvalue weighted by molar-refractivity contribution is 5.25. The first-order chi connectivity index (χ1) is 8.15. The normalized spacial score (nSPS) is 16.9. The van der Waals surface area contributed by atoms with Gasteiger partial charge in [-0.1, -0.05) is 6.92 Å². The molecule has 0 aliphatic heterocycles. The molecule has 2 nitrogen and oxygen atoms in total. The average Bonchev–Trinajstić information content (AvgIpc) is 3.04. The zero-order chi connectivity index (χ0) is 12.3. The van der Waals surface area contributed by atoms with Gasteiger partial charge in [-0.05, 0) is 37.9 Å². The van der Waals surface area contributed by atoms with Crippen LogP contribution in [-0.2, 0) is 0 Å². The summed E-state index contributed by atoms with van der Waals surface area (Å²) in [6.45, 7) is 3.81. The van der Waals surface area contributed by atoms with Crippen molar-refractivity contribution in [2.24, 2.45) is 0 Å². The minimum atomic E-state index is -0.861. The summed E-state index contributed by atoms with van der Waals surface area (Å²) in [6, 6.07) is 3.67. The lowest BCUT2D eigenvalue weighted by Gasteiger charge is -2.18. The highest BCUT2D eigenvalue weighted by atomic mass is 19.2. The molecule has 1 fully saturated rings. The number of hydrogen-bond acceptors (Lipinski definition) is 2. The average molecular weight is 241 g/mol. The van der Waals surface area contributed by atoms with Crippen LogP contribution in [0.1, 0.15) is 26.2 Å². The summed E-state index contributed by atoms with van der Waals surface area (Å²) in [6.07, 6.45) is 2.99. The fourth-order valence-electron chi connectivity index (χ4n) is 1.74. The molecule has 0 bridgehead atoms. The van der Waals surface area contributed by atoms with E-state index in [0.717, 1.165) is 44.5 Å². The van der Waals surface area contributed by atoms with Crippen LogP contribution in [-0.4, -0.2) is 18.7 Å². The summed E-state index contributed by atoms with van der Waals surface area (Å²) in [5, 5.41) is 3.29. The molecule has 1 aromatic carbocycles. The summed E-state index contributed by atoms with van der Waals surface area (Å²) in [4.78, 5) is 0. The Kier molecular flexibility index (Phi) is 3.62. The second-order valence-electron chi connectivity index (χ2n) is 4.54. The van der Waals surface area contributed by atoms with E-state index in [9.17, 15) is 8.78 Å². The van der Waals surface area contributed by atoms with Crippen LogP contribution in [0.5, 0.6) is 5.75 Å². The second-order valence-corrected chi connectivity index (χ2v) is 4.54. The molecule has 1 saturated carbocycles. The predicted molar refractivity (Wildman–Crippen MR) is 62.1 cm³/mol. The monoisotopic (exact) mass is 241 g/mol. The van der Waals surface area contributed by atoms with Gasteiger partial charge >= 0.3 is 0 Å². The van der Waals surface area contributed by atoms with Crippen molar-refractivity contribution in [2.45, 2.75) is 31.8 Å². The van der Waals surface area contributed by atoms with Crippen molar-refractivity contribution < 1.29 is 13.5 Å². The molecular weight excluding hydrogens is 224 g/mol. The molecule has 1 N–H and O–H groups in total. The molecule has 2 rings (SSSR count). The van der Waals surface area contributed by atoms with Crippen molar-refractivity contribution in [3.05, 3.63) is 29.8 Å². The molecule has 0 atom stereocenters. The lowest BCUT2D eigenvalue weighted by Crippen LogP contribution is -2.33. The molecule has 4 heteroatoms. The van der Waals surface area contributed by atoms with Gasteiger partial charge in [0.2, 0.25) is 0 Å². The Morgan fingerprint density at radius 2 is 2.06 bits per heavy atom. The summed E-state index contributed by atoms with van der Waals surface area (Å²) in [5.41, 5.74) is -0.209. The predicted octanol–water partition coefficient (Wildman–Crippen LogP) is 2.88. The van der Waals surface area contributed by atoms with Gasteiger partial charge in [-0.15, -0.1) is 0 Å². The van der Waals surface area contributed by atoms with Crippen molar-refractivity contribution in [2.75, 3.05) is 13.1 Å². The molecule has 17 heavy (non-hydrogen) atoms. The first-order valence-electron chi connectivity index (χ1n) is 6.00. The van der Waals surface area contributed by atoms with E-state index < -0.39 is 11.6 Å². The fraction of sp³-hybridized carbons (Fsp3) is 0.538. The van der Waals surface area contributed by atoms with E-state index >= 15 is 0 Å². The number of hydrogen-bond donors (Lipinski definition) is 1. The standard InChI is InChI=1S/C13H17F2NO/c1-2-7-16-9-13(5-6-13)17-10-3-4-11(14)12(15)8-10/h3-4,8,16H,2,5-7,9H2,1H3. The maximum Gasteiger partial charge on any atom is 0.162 e. The number of rotatable bonds is 6. The van der Waals surface area contributed by atoms with E-state index in [4.69, 9.17) is 4.74 Å². The van der Waals surface area contributed by atoms with E-state index in [1.165, 1.54) is 6.07 Å².